The molecule has 166 valence electrons. The summed E-state index contributed by atoms with van der Waals surface area (Å²) in [5.41, 5.74) is 4.15. The van der Waals surface area contributed by atoms with Gasteiger partial charge in [0, 0.05) is 21.2 Å². The molecule has 0 unspecified atom stereocenters. The highest BCUT2D eigenvalue weighted by molar-refractivity contribution is 6.35. The van der Waals surface area contributed by atoms with Crippen LogP contribution in [-0.2, 0) is 13.2 Å². The molecule has 0 bridgehead atoms. The number of halogens is 2. The van der Waals surface area contributed by atoms with E-state index >= 15 is 0 Å². The lowest BCUT2D eigenvalue weighted by Crippen LogP contribution is -2.01. The molecule has 0 radical (unpaired) electrons. The zero-order valence-electron chi connectivity index (χ0n) is 18.0. The van der Waals surface area contributed by atoms with Crippen LogP contribution in [0.1, 0.15) is 18.1 Å². The van der Waals surface area contributed by atoms with Gasteiger partial charge in [-0.25, -0.2) is 4.98 Å². The van der Waals surface area contributed by atoms with Gasteiger partial charge in [0.25, 0.3) is 0 Å². The number of hydrogen-bond acceptors (Lipinski definition) is 4. The third kappa shape index (κ3) is 5.48. The summed E-state index contributed by atoms with van der Waals surface area (Å²) in [6.45, 7) is 3.10. The Hall–Kier alpha value is -3.46. The van der Waals surface area contributed by atoms with Gasteiger partial charge in [-0.2, -0.15) is 5.26 Å². The van der Waals surface area contributed by atoms with Gasteiger partial charge in [-0.3, -0.25) is 0 Å². The summed E-state index contributed by atoms with van der Waals surface area (Å²) in [4.78, 5) is 4.39. The van der Waals surface area contributed by atoms with Crippen molar-refractivity contribution in [1.29, 1.82) is 5.26 Å². The highest BCUT2D eigenvalue weighted by Gasteiger charge is 2.10. The number of aromatic nitrogens is 2. The van der Waals surface area contributed by atoms with Gasteiger partial charge in [-0.1, -0.05) is 47.5 Å². The van der Waals surface area contributed by atoms with Crippen molar-refractivity contribution in [2.45, 2.75) is 20.1 Å². The van der Waals surface area contributed by atoms with Crippen molar-refractivity contribution in [3.05, 3.63) is 93.7 Å². The van der Waals surface area contributed by atoms with Gasteiger partial charge < -0.3 is 14.0 Å². The van der Waals surface area contributed by atoms with Crippen molar-refractivity contribution in [2.24, 2.45) is 0 Å². The molecule has 0 fully saturated rings. The quantitative estimate of drug-likeness (QED) is 0.258. The minimum absolute atomic E-state index is 0.280. The van der Waals surface area contributed by atoms with Gasteiger partial charge in [0.2, 0.25) is 0 Å². The summed E-state index contributed by atoms with van der Waals surface area (Å²) in [5, 5.41) is 10.8. The number of imidazole rings is 1. The molecule has 0 saturated heterocycles. The zero-order valence-corrected chi connectivity index (χ0v) is 19.5. The van der Waals surface area contributed by atoms with E-state index in [1.54, 1.807) is 18.5 Å². The average molecular weight is 478 g/mol. The molecule has 33 heavy (non-hydrogen) atoms. The molecule has 4 aromatic rings. The number of rotatable bonds is 8. The molecule has 7 heteroatoms. The van der Waals surface area contributed by atoms with Crippen LogP contribution in [0.2, 0.25) is 10.0 Å². The van der Waals surface area contributed by atoms with E-state index < -0.39 is 0 Å². The Labute approximate surface area is 202 Å². The molecule has 0 amide bonds. The monoisotopic (exact) mass is 477 g/mol. The zero-order chi connectivity index (χ0) is 23.2. The fraction of sp³-hybridized carbons (Fsp3) is 0.154. The molecule has 0 spiro atoms. The van der Waals surface area contributed by atoms with Crippen molar-refractivity contribution in [2.75, 3.05) is 6.61 Å². The molecule has 0 aliphatic carbocycles. The van der Waals surface area contributed by atoms with E-state index in [4.69, 9.17) is 32.7 Å². The smallest absolute Gasteiger partial charge is 0.161 e. The van der Waals surface area contributed by atoms with Crippen LogP contribution in [0.15, 0.2) is 72.6 Å². The first-order chi connectivity index (χ1) is 16.1. The van der Waals surface area contributed by atoms with Crippen LogP contribution in [0.3, 0.4) is 0 Å². The predicted octanol–water partition coefficient (Wildman–Crippen LogP) is 6.93. The number of hydrogen-bond donors (Lipinski definition) is 0. The molecule has 3 aromatic carbocycles. The van der Waals surface area contributed by atoms with Crippen molar-refractivity contribution < 1.29 is 9.47 Å². The summed E-state index contributed by atoms with van der Waals surface area (Å²) < 4.78 is 13.7. The lowest BCUT2D eigenvalue weighted by Gasteiger charge is -2.13. The number of allylic oxidation sites excluding steroid dienone is 1. The Morgan fingerprint density at radius 1 is 1.06 bits per heavy atom. The van der Waals surface area contributed by atoms with Gasteiger partial charge in [0.15, 0.2) is 11.5 Å². The second kappa shape index (κ2) is 10.4. The fourth-order valence-electron chi connectivity index (χ4n) is 3.43. The molecule has 1 heterocycles. The summed E-state index contributed by atoms with van der Waals surface area (Å²) in [6, 6.07) is 21.0. The summed E-state index contributed by atoms with van der Waals surface area (Å²) in [5.74, 6) is 1.20. The molecule has 5 nitrogen and oxygen atoms in total. The number of ether oxygens (including phenoxy) is 2. The van der Waals surface area contributed by atoms with Crippen molar-refractivity contribution in [3.8, 4) is 17.6 Å². The first-order valence-electron chi connectivity index (χ1n) is 10.4. The predicted molar refractivity (Wildman–Crippen MR) is 132 cm³/mol. The van der Waals surface area contributed by atoms with Crippen LogP contribution in [-0.4, -0.2) is 16.2 Å². The molecular formula is C26H21Cl2N3O2. The second-order valence-corrected chi connectivity index (χ2v) is 8.15. The minimum Gasteiger partial charge on any atom is -0.490 e. The topological polar surface area (TPSA) is 60.1 Å². The van der Waals surface area contributed by atoms with Crippen molar-refractivity contribution in [1.82, 2.24) is 9.55 Å². The molecular weight excluding hydrogens is 457 g/mol. The Balaban J connectivity index is 1.55. The minimum atomic E-state index is 0.280. The maximum atomic E-state index is 9.71. The lowest BCUT2D eigenvalue weighted by molar-refractivity contribution is 0.269. The van der Waals surface area contributed by atoms with E-state index in [-0.39, 0.29) is 6.61 Å². The molecule has 0 atom stereocenters. The summed E-state index contributed by atoms with van der Waals surface area (Å²) >= 11 is 12.2. The number of nitriles is 1. The SMILES string of the molecule is CCOc1cc(/C=C(/C#N)Cn2cnc3ccccc32)ccc1OCc1ccc(Cl)cc1Cl. The van der Waals surface area contributed by atoms with E-state index in [1.165, 1.54) is 0 Å². The number of fused-ring (bicyclic) bond motifs is 1. The molecule has 0 aliphatic rings. The van der Waals surface area contributed by atoms with Gasteiger partial charge in [-0.15, -0.1) is 0 Å². The van der Waals surface area contributed by atoms with Gasteiger partial charge in [-0.05, 0) is 55.0 Å². The third-order valence-corrected chi connectivity index (χ3v) is 5.61. The lowest BCUT2D eigenvalue weighted by atomic mass is 10.1. The van der Waals surface area contributed by atoms with E-state index in [1.807, 2.05) is 66.1 Å². The summed E-state index contributed by atoms with van der Waals surface area (Å²) in [7, 11) is 0. The van der Waals surface area contributed by atoms with Crippen LogP contribution < -0.4 is 9.47 Å². The van der Waals surface area contributed by atoms with Crippen molar-refractivity contribution >= 4 is 40.3 Å². The molecule has 0 N–H and O–H groups in total. The first kappa shape index (κ1) is 22.7. The van der Waals surface area contributed by atoms with Crippen LogP contribution >= 0.6 is 23.2 Å². The van der Waals surface area contributed by atoms with Crippen LogP contribution in [0.5, 0.6) is 11.5 Å². The number of nitrogens with zero attached hydrogens (tertiary/aromatic N) is 3. The Morgan fingerprint density at radius 2 is 1.91 bits per heavy atom. The Kier molecular flexibility index (Phi) is 7.19. The standard InChI is InChI=1S/C26H21Cl2N3O2/c1-2-32-26-12-18(7-10-25(26)33-16-20-8-9-21(27)13-22(20)28)11-19(14-29)15-31-17-30-23-5-3-4-6-24(23)31/h3-13,17H,2,15-16H2,1H3/b19-11-. The second-order valence-electron chi connectivity index (χ2n) is 7.31. The average Bonchev–Trinajstić information content (AvgIpc) is 3.22. The van der Waals surface area contributed by atoms with E-state index in [9.17, 15) is 5.26 Å². The Bertz CT molecular complexity index is 1360. The van der Waals surface area contributed by atoms with Crippen LogP contribution in [0, 0.1) is 11.3 Å². The highest BCUT2D eigenvalue weighted by Crippen LogP contribution is 2.31. The van der Waals surface area contributed by atoms with Gasteiger partial charge >= 0.3 is 0 Å². The molecule has 0 saturated carbocycles. The maximum Gasteiger partial charge on any atom is 0.161 e. The number of benzene rings is 3. The van der Waals surface area contributed by atoms with Crippen LogP contribution in [0.25, 0.3) is 17.1 Å². The molecule has 4 rings (SSSR count). The highest BCUT2D eigenvalue weighted by atomic mass is 35.5. The van der Waals surface area contributed by atoms with Crippen LogP contribution in [0.4, 0.5) is 0 Å². The van der Waals surface area contributed by atoms with E-state index in [0.29, 0.717) is 40.3 Å². The summed E-state index contributed by atoms with van der Waals surface area (Å²) in [6.07, 6.45) is 3.59. The molecule has 0 aliphatic heterocycles. The Morgan fingerprint density at radius 3 is 2.70 bits per heavy atom. The fourth-order valence-corrected chi connectivity index (χ4v) is 3.89. The van der Waals surface area contributed by atoms with Gasteiger partial charge in [0.1, 0.15) is 6.61 Å². The largest absolute Gasteiger partial charge is 0.490 e. The van der Waals surface area contributed by atoms with E-state index in [0.717, 1.165) is 22.2 Å². The maximum absolute atomic E-state index is 9.71. The van der Waals surface area contributed by atoms with Crippen molar-refractivity contribution in [3.63, 3.8) is 0 Å². The van der Waals surface area contributed by atoms with Gasteiger partial charge in [0.05, 0.1) is 36.6 Å². The number of para-hydroxylation sites is 2. The first-order valence-corrected chi connectivity index (χ1v) is 11.2. The third-order valence-electron chi connectivity index (χ3n) is 5.02. The van der Waals surface area contributed by atoms with E-state index in [2.05, 4.69) is 11.1 Å². The molecule has 1 aromatic heterocycles. The normalized spacial score (nSPS) is 11.4.